The molecule has 0 bridgehead atoms. The third-order valence-corrected chi connectivity index (χ3v) is 5.38. The van der Waals surface area contributed by atoms with Crippen LogP contribution < -0.4 is 23.7 Å². The first-order valence-electron chi connectivity index (χ1n) is 9.54. The Balaban J connectivity index is 1.89. The van der Waals surface area contributed by atoms with Gasteiger partial charge >= 0.3 is 5.97 Å². The molecule has 7 heteroatoms. The van der Waals surface area contributed by atoms with E-state index in [2.05, 4.69) is 5.92 Å². The lowest BCUT2D eigenvalue weighted by atomic mass is 9.89. The standard InChI is InChI=1S/C24H18O7/c1-4-7-28-23-15-10-19(27-3)18(26-2)9-14(15)21(22-16(23)11-29-24(22)25)13-5-6-17-20(8-13)31-12-30-17/h1,5-6,8-10H,7,11-12H2,2-3H3. The first kappa shape index (κ1) is 18.9. The summed E-state index contributed by atoms with van der Waals surface area (Å²) >= 11 is 0. The molecular formula is C24H18O7. The first-order valence-corrected chi connectivity index (χ1v) is 9.54. The second-order valence-electron chi connectivity index (χ2n) is 6.95. The van der Waals surface area contributed by atoms with E-state index in [-0.39, 0.29) is 20.0 Å². The Kier molecular flexibility index (Phi) is 4.48. The van der Waals surface area contributed by atoms with Gasteiger partial charge in [0.05, 0.1) is 19.8 Å². The molecule has 0 N–H and O–H groups in total. The third kappa shape index (κ3) is 2.88. The normalized spacial score (nSPS) is 13.5. The lowest BCUT2D eigenvalue weighted by molar-refractivity contribution is 0.0534. The van der Waals surface area contributed by atoms with Crippen molar-refractivity contribution >= 4 is 16.7 Å². The Morgan fingerprint density at radius 3 is 2.45 bits per heavy atom. The van der Waals surface area contributed by atoms with Crippen LogP contribution in [-0.2, 0) is 11.3 Å². The zero-order chi connectivity index (χ0) is 21.5. The number of hydrogen-bond acceptors (Lipinski definition) is 7. The molecule has 156 valence electrons. The van der Waals surface area contributed by atoms with E-state index in [1.807, 2.05) is 30.3 Å². The lowest BCUT2D eigenvalue weighted by Crippen LogP contribution is -2.04. The fourth-order valence-corrected chi connectivity index (χ4v) is 4.04. The monoisotopic (exact) mass is 418 g/mol. The zero-order valence-electron chi connectivity index (χ0n) is 16.9. The van der Waals surface area contributed by atoms with Gasteiger partial charge in [0.15, 0.2) is 23.0 Å². The molecule has 2 heterocycles. The van der Waals surface area contributed by atoms with Crippen LogP contribution in [0.15, 0.2) is 30.3 Å². The van der Waals surface area contributed by atoms with Gasteiger partial charge in [-0.15, -0.1) is 6.42 Å². The van der Waals surface area contributed by atoms with Gasteiger partial charge in [0.2, 0.25) is 6.79 Å². The molecule has 0 unspecified atom stereocenters. The number of benzene rings is 3. The summed E-state index contributed by atoms with van der Waals surface area (Å²) in [5, 5.41) is 1.47. The minimum atomic E-state index is -0.426. The zero-order valence-corrected chi connectivity index (χ0v) is 16.9. The van der Waals surface area contributed by atoms with Gasteiger partial charge in [0, 0.05) is 16.5 Å². The number of esters is 1. The average Bonchev–Trinajstić information content (AvgIpc) is 3.42. The third-order valence-electron chi connectivity index (χ3n) is 5.38. The average molecular weight is 418 g/mol. The molecule has 3 aromatic carbocycles. The smallest absolute Gasteiger partial charge is 0.339 e. The second-order valence-corrected chi connectivity index (χ2v) is 6.95. The van der Waals surface area contributed by atoms with Crippen LogP contribution in [-0.4, -0.2) is 33.6 Å². The molecule has 0 aliphatic carbocycles. The second kappa shape index (κ2) is 7.33. The van der Waals surface area contributed by atoms with E-state index in [0.29, 0.717) is 45.4 Å². The van der Waals surface area contributed by atoms with Crippen LogP contribution in [0.2, 0.25) is 0 Å². The van der Waals surface area contributed by atoms with Crippen molar-refractivity contribution in [3.05, 3.63) is 41.5 Å². The quantitative estimate of drug-likeness (QED) is 0.459. The minimum absolute atomic E-state index is 0.0491. The SMILES string of the molecule is C#CCOc1c2c(c(-c3ccc4c(c3)OCO4)c3cc(OC)c(OC)cc13)C(=O)OC2. The Labute approximate surface area is 178 Å². The molecule has 0 amide bonds. The van der Waals surface area contributed by atoms with E-state index in [9.17, 15) is 4.79 Å². The van der Waals surface area contributed by atoms with E-state index in [1.54, 1.807) is 14.2 Å². The van der Waals surface area contributed by atoms with E-state index in [4.69, 9.17) is 34.8 Å². The maximum Gasteiger partial charge on any atom is 0.339 e. The van der Waals surface area contributed by atoms with Gasteiger partial charge in [0.1, 0.15) is 19.0 Å². The van der Waals surface area contributed by atoms with Gasteiger partial charge in [-0.3, -0.25) is 0 Å². The number of carbonyl (C=O) groups is 1. The molecule has 2 aliphatic rings. The summed E-state index contributed by atoms with van der Waals surface area (Å²) in [6, 6.07) is 9.19. The minimum Gasteiger partial charge on any atom is -0.493 e. The molecule has 3 aromatic rings. The fraction of sp³-hybridized carbons (Fsp3) is 0.208. The van der Waals surface area contributed by atoms with E-state index in [1.165, 1.54) is 0 Å². The van der Waals surface area contributed by atoms with E-state index in [0.717, 1.165) is 16.3 Å². The molecule has 0 saturated carbocycles. The summed E-state index contributed by atoms with van der Waals surface area (Å²) in [5.74, 6) is 4.86. The summed E-state index contributed by atoms with van der Waals surface area (Å²) in [4.78, 5) is 12.8. The van der Waals surface area contributed by atoms with Gasteiger partial charge in [-0.2, -0.15) is 0 Å². The Hall–Kier alpha value is -4.05. The highest BCUT2D eigenvalue weighted by Crippen LogP contribution is 2.49. The van der Waals surface area contributed by atoms with Crippen LogP contribution in [0.5, 0.6) is 28.7 Å². The largest absolute Gasteiger partial charge is 0.493 e. The summed E-state index contributed by atoms with van der Waals surface area (Å²) < 4.78 is 33.3. The molecule has 2 aliphatic heterocycles. The van der Waals surface area contributed by atoms with Crippen molar-refractivity contribution in [2.24, 2.45) is 0 Å². The molecule has 0 spiro atoms. The first-order chi connectivity index (χ1) is 15.2. The van der Waals surface area contributed by atoms with Gasteiger partial charge in [-0.1, -0.05) is 12.0 Å². The number of methoxy groups -OCH3 is 2. The van der Waals surface area contributed by atoms with Crippen LogP contribution in [0, 0.1) is 12.3 Å². The summed E-state index contributed by atoms with van der Waals surface area (Å²) in [6.45, 7) is 0.299. The number of rotatable bonds is 5. The summed E-state index contributed by atoms with van der Waals surface area (Å²) in [7, 11) is 3.12. The summed E-state index contributed by atoms with van der Waals surface area (Å²) in [6.07, 6.45) is 5.42. The Morgan fingerprint density at radius 2 is 1.71 bits per heavy atom. The predicted molar refractivity (Wildman–Crippen MR) is 112 cm³/mol. The Bertz CT molecular complexity index is 1270. The molecule has 0 radical (unpaired) electrons. The molecule has 0 fully saturated rings. The number of cyclic esters (lactones) is 1. The van der Waals surface area contributed by atoms with Crippen LogP contribution in [0.1, 0.15) is 15.9 Å². The highest BCUT2D eigenvalue weighted by Gasteiger charge is 2.33. The molecule has 0 saturated heterocycles. The van der Waals surface area contributed by atoms with Crippen LogP contribution in [0.4, 0.5) is 0 Å². The van der Waals surface area contributed by atoms with Crippen molar-refractivity contribution in [1.82, 2.24) is 0 Å². The topological polar surface area (TPSA) is 72.5 Å². The van der Waals surface area contributed by atoms with Crippen molar-refractivity contribution in [2.45, 2.75) is 6.61 Å². The highest BCUT2D eigenvalue weighted by molar-refractivity contribution is 6.14. The van der Waals surface area contributed by atoms with Crippen molar-refractivity contribution < 1.29 is 33.2 Å². The van der Waals surface area contributed by atoms with Crippen LogP contribution >= 0.6 is 0 Å². The molecule has 5 rings (SSSR count). The number of hydrogen-bond donors (Lipinski definition) is 0. The van der Waals surface area contributed by atoms with Crippen molar-refractivity contribution in [1.29, 1.82) is 0 Å². The van der Waals surface area contributed by atoms with Gasteiger partial charge in [0.25, 0.3) is 0 Å². The predicted octanol–water partition coefficient (Wildman–Crippen LogP) is 3.94. The van der Waals surface area contributed by atoms with Gasteiger partial charge < -0.3 is 28.4 Å². The molecule has 0 aromatic heterocycles. The van der Waals surface area contributed by atoms with Gasteiger partial charge in [-0.05, 0) is 35.2 Å². The molecule has 0 atom stereocenters. The van der Waals surface area contributed by atoms with Crippen molar-refractivity contribution in [3.8, 4) is 52.2 Å². The number of terminal acetylenes is 1. The van der Waals surface area contributed by atoms with Crippen LogP contribution in [0.3, 0.4) is 0 Å². The van der Waals surface area contributed by atoms with E-state index < -0.39 is 5.97 Å². The highest BCUT2D eigenvalue weighted by atomic mass is 16.7. The molecule has 7 nitrogen and oxygen atoms in total. The van der Waals surface area contributed by atoms with E-state index >= 15 is 0 Å². The number of carbonyl (C=O) groups excluding carboxylic acids is 1. The van der Waals surface area contributed by atoms with Crippen molar-refractivity contribution in [2.75, 3.05) is 27.6 Å². The van der Waals surface area contributed by atoms with Crippen molar-refractivity contribution in [3.63, 3.8) is 0 Å². The number of fused-ring (bicyclic) bond motifs is 3. The Morgan fingerprint density at radius 1 is 0.968 bits per heavy atom. The molecular weight excluding hydrogens is 400 g/mol. The molecule has 31 heavy (non-hydrogen) atoms. The lowest BCUT2D eigenvalue weighted by Gasteiger charge is -2.18. The van der Waals surface area contributed by atoms with Crippen LogP contribution in [0.25, 0.3) is 21.9 Å². The number of ether oxygens (including phenoxy) is 6. The maximum atomic E-state index is 12.8. The van der Waals surface area contributed by atoms with Gasteiger partial charge in [-0.25, -0.2) is 4.79 Å². The maximum absolute atomic E-state index is 12.8. The fourth-order valence-electron chi connectivity index (χ4n) is 4.04. The summed E-state index contributed by atoms with van der Waals surface area (Å²) in [5.41, 5.74) is 2.55.